The van der Waals surface area contributed by atoms with Gasteiger partial charge in [0.2, 0.25) is 0 Å². The number of alkyl halides is 1. The number of halogens is 3. The number of benzene rings is 2. The lowest BCUT2D eigenvalue weighted by atomic mass is 10.1. The first-order valence-corrected chi connectivity index (χ1v) is 8.25. The third-order valence-corrected chi connectivity index (χ3v) is 4.53. The molecule has 1 aliphatic heterocycles. The molecule has 0 aliphatic carbocycles. The zero-order chi connectivity index (χ0) is 16.6. The van der Waals surface area contributed by atoms with Gasteiger partial charge in [-0.15, -0.1) is 0 Å². The number of amides is 2. The molecular weight excluding hydrogens is 415 g/mol. The van der Waals surface area contributed by atoms with Gasteiger partial charge in [-0.05, 0) is 36.2 Å². The first-order valence-electron chi connectivity index (χ1n) is 7.00. The summed E-state index contributed by atoms with van der Waals surface area (Å²) < 4.78 is 26.1. The van der Waals surface area contributed by atoms with Crippen molar-refractivity contribution in [1.82, 2.24) is 4.90 Å². The molecule has 0 bridgehead atoms. The number of carbonyl (C=O) groups excluding carboxylic acids is 2. The molecule has 1 heterocycles. The van der Waals surface area contributed by atoms with Crippen molar-refractivity contribution < 1.29 is 18.4 Å². The molecule has 1 aliphatic rings. The minimum absolute atomic E-state index is 0.0975. The van der Waals surface area contributed by atoms with E-state index >= 15 is 0 Å². The van der Waals surface area contributed by atoms with Crippen LogP contribution in [0.1, 0.15) is 26.3 Å². The van der Waals surface area contributed by atoms with Crippen LogP contribution in [0.4, 0.5) is 8.78 Å². The van der Waals surface area contributed by atoms with Crippen molar-refractivity contribution in [3.8, 4) is 0 Å². The van der Waals surface area contributed by atoms with Crippen LogP contribution in [0, 0.1) is 11.6 Å². The van der Waals surface area contributed by atoms with E-state index in [2.05, 4.69) is 22.6 Å². The summed E-state index contributed by atoms with van der Waals surface area (Å²) in [6.45, 7) is 0.228. The summed E-state index contributed by atoms with van der Waals surface area (Å²) in [6.07, 6.45) is 0.436. The van der Waals surface area contributed by atoms with Gasteiger partial charge in [0, 0.05) is 10.5 Å². The second kappa shape index (κ2) is 6.35. The van der Waals surface area contributed by atoms with Crippen LogP contribution in [-0.4, -0.2) is 27.2 Å². The van der Waals surface area contributed by atoms with Crippen LogP contribution in [-0.2, 0) is 6.42 Å². The van der Waals surface area contributed by atoms with Crippen molar-refractivity contribution in [2.75, 3.05) is 6.54 Å². The number of carbonyl (C=O) groups is 2. The van der Waals surface area contributed by atoms with Crippen LogP contribution in [0.25, 0.3) is 0 Å². The van der Waals surface area contributed by atoms with Crippen LogP contribution < -0.4 is 0 Å². The maximum Gasteiger partial charge on any atom is 0.261 e. The summed E-state index contributed by atoms with van der Waals surface area (Å²) >= 11 is 2.11. The molecule has 3 rings (SSSR count). The summed E-state index contributed by atoms with van der Waals surface area (Å²) in [5.74, 6) is -2.40. The van der Waals surface area contributed by atoms with Crippen LogP contribution in [0.3, 0.4) is 0 Å². The monoisotopic (exact) mass is 427 g/mol. The quantitative estimate of drug-likeness (QED) is 0.425. The molecule has 2 aromatic rings. The van der Waals surface area contributed by atoms with E-state index in [1.807, 2.05) is 0 Å². The largest absolute Gasteiger partial charge is 0.273 e. The number of nitrogens with zero attached hydrogens (tertiary/aromatic N) is 1. The highest BCUT2D eigenvalue weighted by Gasteiger charge is 2.35. The lowest BCUT2D eigenvalue weighted by molar-refractivity contribution is 0.0656. The molecular formula is C17H12F2INO2. The molecule has 0 fully saturated rings. The van der Waals surface area contributed by atoms with Gasteiger partial charge in [0.05, 0.1) is 11.1 Å². The van der Waals surface area contributed by atoms with Gasteiger partial charge in [-0.3, -0.25) is 14.5 Å². The van der Waals surface area contributed by atoms with Gasteiger partial charge in [0.15, 0.2) is 11.6 Å². The third-order valence-electron chi connectivity index (χ3n) is 3.70. The second-order valence-corrected chi connectivity index (χ2v) is 7.08. The van der Waals surface area contributed by atoms with Crippen molar-refractivity contribution >= 4 is 34.4 Å². The van der Waals surface area contributed by atoms with E-state index in [4.69, 9.17) is 0 Å². The predicted molar refractivity (Wildman–Crippen MR) is 89.7 cm³/mol. The van der Waals surface area contributed by atoms with Crippen molar-refractivity contribution in [2.45, 2.75) is 10.3 Å². The molecule has 0 aromatic heterocycles. The maximum atomic E-state index is 13.2. The Morgan fingerprint density at radius 3 is 2.13 bits per heavy atom. The van der Waals surface area contributed by atoms with Gasteiger partial charge < -0.3 is 0 Å². The minimum atomic E-state index is -0.896. The molecule has 0 N–H and O–H groups in total. The molecule has 3 nitrogen and oxygen atoms in total. The number of rotatable bonds is 4. The first kappa shape index (κ1) is 16.0. The zero-order valence-electron chi connectivity index (χ0n) is 11.9. The fourth-order valence-corrected chi connectivity index (χ4v) is 3.49. The van der Waals surface area contributed by atoms with Gasteiger partial charge in [-0.25, -0.2) is 8.78 Å². The highest BCUT2D eigenvalue weighted by Crippen LogP contribution is 2.24. The smallest absolute Gasteiger partial charge is 0.261 e. The van der Waals surface area contributed by atoms with Crippen LogP contribution in [0.5, 0.6) is 0 Å². The molecule has 23 heavy (non-hydrogen) atoms. The van der Waals surface area contributed by atoms with E-state index in [-0.39, 0.29) is 22.3 Å². The SMILES string of the molecule is O=C1c2ccccc2C(=O)N1CC(I)Cc1ccc(F)c(F)c1. The Balaban J connectivity index is 1.71. The average molecular weight is 427 g/mol. The minimum Gasteiger partial charge on any atom is -0.273 e. The molecule has 0 spiro atoms. The Morgan fingerprint density at radius 2 is 1.57 bits per heavy atom. The maximum absolute atomic E-state index is 13.2. The highest BCUT2D eigenvalue weighted by atomic mass is 127. The number of hydrogen-bond donors (Lipinski definition) is 0. The first-order chi connectivity index (χ1) is 11.0. The van der Waals surface area contributed by atoms with Crippen molar-refractivity contribution in [1.29, 1.82) is 0 Å². The molecule has 2 aromatic carbocycles. The summed E-state index contributed by atoms with van der Waals surface area (Å²) in [4.78, 5) is 25.8. The Labute approximate surface area is 145 Å². The Bertz CT molecular complexity index is 759. The average Bonchev–Trinajstić information content (AvgIpc) is 2.76. The van der Waals surface area contributed by atoms with E-state index in [1.165, 1.54) is 11.0 Å². The predicted octanol–water partition coefficient (Wildman–Crippen LogP) is 3.61. The van der Waals surface area contributed by atoms with E-state index in [9.17, 15) is 18.4 Å². The molecule has 1 unspecified atom stereocenters. The third kappa shape index (κ3) is 3.12. The van der Waals surface area contributed by atoms with Gasteiger partial charge in [-0.1, -0.05) is 40.8 Å². The summed E-state index contributed by atoms with van der Waals surface area (Å²) in [5, 5.41) is 0. The summed E-state index contributed by atoms with van der Waals surface area (Å²) in [6, 6.07) is 10.4. The summed E-state index contributed by atoms with van der Waals surface area (Å²) in [7, 11) is 0. The molecule has 0 saturated heterocycles. The molecule has 6 heteroatoms. The number of fused-ring (bicyclic) bond motifs is 1. The number of imide groups is 1. The van der Waals surface area contributed by atoms with E-state index in [0.29, 0.717) is 23.1 Å². The highest BCUT2D eigenvalue weighted by molar-refractivity contribution is 14.1. The van der Waals surface area contributed by atoms with E-state index in [1.54, 1.807) is 24.3 Å². The van der Waals surface area contributed by atoms with E-state index < -0.39 is 11.6 Å². The molecule has 118 valence electrons. The van der Waals surface area contributed by atoms with Crippen LogP contribution in [0.2, 0.25) is 0 Å². The Morgan fingerprint density at radius 1 is 0.957 bits per heavy atom. The van der Waals surface area contributed by atoms with Gasteiger partial charge in [0.1, 0.15) is 0 Å². The van der Waals surface area contributed by atoms with Crippen molar-refractivity contribution in [3.63, 3.8) is 0 Å². The second-order valence-electron chi connectivity index (χ2n) is 5.32. The Kier molecular flexibility index (Phi) is 4.43. The molecule has 0 saturated carbocycles. The summed E-state index contributed by atoms with van der Waals surface area (Å²) in [5.41, 5.74) is 1.45. The number of hydrogen-bond acceptors (Lipinski definition) is 2. The van der Waals surface area contributed by atoms with Gasteiger partial charge in [0.25, 0.3) is 11.8 Å². The standard InChI is InChI=1S/C17H12F2INO2/c18-14-6-5-10(8-15(14)19)7-11(20)9-21-16(22)12-3-1-2-4-13(12)17(21)23/h1-6,8,11H,7,9H2. The Hall–Kier alpha value is -1.83. The van der Waals surface area contributed by atoms with Crippen molar-refractivity contribution in [3.05, 3.63) is 70.8 Å². The van der Waals surface area contributed by atoms with Gasteiger partial charge >= 0.3 is 0 Å². The molecule has 1 atom stereocenters. The fourth-order valence-electron chi connectivity index (χ4n) is 2.59. The zero-order valence-corrected chi connectivity index (χ0v) is 14.1. The lowest BCUT2D eigenvalue weighted by Crippen LogP contribution is -2.35. The van der Waals surface area contributed by atoms with Crippen LogP contribution >= 0.6 is 22.6 Å². The lowest BCUT2D eigenvalue weighted by Gasteiger charge is -2.18. The topological polar surface area (TPSA) is 37.4 Å². The fraction of sp³-hybridized carbons (Fsp3) is 0.176. The molecule has 0 radical (unpaired) electrons. The van der Waals surface area contributed by atoms with Gasteiger partial charge in [-0.2, -0.15) is 0 Å². The molecule has 2 amide bonds. The van der Waals surface area contributed by atoms with E-state index in [0.717, 1.165) is 12.1 Å². The van der Waals surface area contributed by atoms with Crippen LogP contribution in [0.15, 0.2) is 42.5 Å². The van der Waals surface area contributed by atoms with Crippen molar-refractivity contribution in [2.24, 2.45) is 0 Å². The normalized spacial score (nSPS) is 15.0.